The van der Waals surface area contributed by atoms with Crippen molar-refractivity contribution in [2.24, 2.45) is 5.92 Å². The number of amides is 1. The Bertz CT molecular complexity index is 548. The van der Waals surface area contributed by atoms with Crippen molar-refractivity contribution in [2.75, 3.05) is 13.1 Å². The second-order valence-corrected chi connectivity index (χ2v) is 7.13. The Morgan fingerprint density at radius 3 is 2.48 bits per heavy atom. The fraction of sp³-hybridized carbons (Fsp3) is 0.632. The summed E-state index contributed by atoms with van der Waals surface area (Å²) >= 11 is 0. The zero-order valence-electron chi connectivity index (χ0n) is 14.2. The minimum Gasteiger partial charge on any atom is -0.383 e. The average molecular weight is 316 g/mol. The quantitative estimate of drug-likeness (QED) is 0.877. The lowest BCUT2D eigenvalue weighted by molar-refractivity contribution is -0.133. The number of likely N-dealkylation sites (tertiary alicyclic amines) is 1. The standard InChI is InChI=1S/C19H28N2O2/c1-13-5-3-4-6-17(13)14(2)21-11-9-15(10-12-21)18(22)19(23)20-16-7-8-16/h3-6,14-16,18,22H,7-12H2,1-2H3,(H,20,23)/t14-,18+/m1/s1. The summed E-state index contributed by atoms with van der Waals surface area (Å²) in [5.74, 6) is -0.0769. The Hall–Kier alpha value is -1.39. The molecule has 2 N–H and O–H groups in total. The highest BCUT2D eigenvalue weighted by atomic mass is 16.3. The van der Waals surface area contributed by atoms with Crippen molar-refractivity contribution >= 4 is 5.91 Å². The summed E-state index contributed by atoms with van der Waals surface area (Å²) in [6.07, 6.45) is 3.05. The van der Waals surface area contributed by atoms with Crippen LogP contribution in [0.15, 0.2) is 24.3 Å². The predicted octanol–water partition coefficient (Wildman–Crippen LogP) is 2.41. The van der Waals surface area contributed by atoms with Crippen LogP contribution in [0.25, 0.3) is 0 Å². The van der Waals surface area contributed by atoms with Crippen LogP contribution < -0.4 is 5.32 Å². The van der Waals surface area contributed by atoms with Crippen molar-refractivity contribution in [1.82, 2.24) is 10.2 Å². The molecule has 126 valence electrons. The van der Waals surface area contributed by atoms with Crippen LogP contribution in [0, 0.1) is 12.8 Å². The number of hydrogen-bond acceptors (Lipinski definition) is 3. The second-order valence-electron chi connectivity index (χ2n) is 7.13. The van der Waals surface area contributed by atoms with Crippen molar-refractivity contribution in [3.8, 4) is 0 Å². The smallest absolute Gasteiger partial charge is 0.249 e. The summed E-state index contributed by atoms with van der Waals surface area (Å²) in [4.78, 5) is 14.5. The molecule has 1 amide bonds. The van der Waals surface area contributed by atoms with Crippen LogP contribution in [-0.4, -0.2) is 41.1 Å². The SMILES string of the molecule is Cc1ccccc1[C@@H](C)N1CCC([C@H](O)C(=O)NC2CC2)CC1. The molecule has 0 unspecified atom stereocenters. The Labute approximate surface area is 138 Å². The highest BCUT2D eigenvalue weighted by Crippen LogP contribution is 2.30. The van der Waals surface area contributed by atoms with E-state index < -0.39 is 6.10 Å². The molecule has 1 saturated carbocycles. The maximum atomic E-state index is 12.0. The molecular formula is C19H28N2O2. The van der Waals surface area contributed by atoms with Crippen LogP contribution >= 0.6 is 0 Å². The number of rotatable bonds is 5. The number of aryl methyl sites for hydroxylation is 1. The molecule has 1 heterocycles. The minimum atomic E-state index is -0.841. The molecule has 2 aliphatic rings. The van der Waals surface area contributed by atoms with E-state index in [4.69, 9.17) is 0 Å². The van der Waals surface area contributed by atoms with E-state index in [0.29, 0.717) is 12.1 Å². The molecule has 0 aromatic heterocycles. The first kappa shape index (κ1) is 16.5. The molecule has 0 bridgehead atoms. The van der Waals surface area contributed by atoms with E-state index in [-0.39, 0.29) is 11.8 Å². The Morgan fingerprint density at radius 2 is 1.87 bits per heavy atom. The third-order valence-corrected chi connectivity index (χ3v) is 5.40. The van der Waals surface area contributed by atoms with Gasteiger partial charge < -0.3 is 10.4 Å². The third-order valence-electron chi connectivity index (χ3n) is 5.40. The molecule has 0 radical (unpaired) electrons. The van der Waals surface area contributed by atoms with Gasteiger partial charge >= 0.3 is 0 Å². The van der Waals surface area contributed by atoms with Gasteiger partial charge in [0, 0.05) is 12.1 Å². The van der Waals surface area contributed by atoms with E-state index in [0.717, 1.165) is 38.8 Å². The molecular weight excluding hydrogens is 288 g/mol. The van der Waals surface area contributed by atoms with Gasteiger partial charge in [0.2, 0.25) is 5.91 Å². The van der Waals surface area contributed by atoms with E-state index in [9.17, 15) is 9.90 Å². The summed E-state index contributed by atoms with van der Waals surface area (Å²) in [6, 6.07) is 9.23. The fourth-order valence-corrected chi connectivity index (χ4v) is 3.60. The van der Waals surface area contributed by atoms with Gasteiger partial charge in [0.25, 0.3) is 0 Å². The lowest BCUT2D eigenvalue weighted by Crippen LogP contribution is -2.45. The van der Waals surface area contributed by atoms with Crippen LogP contribution in [0.4, 0.5) is 0 Å². The second kappa shape index (κ2) is 7.02. The summed E-state index contributed by atoms with van der Waals surface area (Å²) in [5, 5.41) is 13.2. The number of nitrogens with one attached hydrogen (secondary N) is 1. The van der Waals surface area contributed by atoms with Crippen LogP contribution in [0.3, 0.4) is 0 Å². The van der Waals surface area contributed by atoms with Gasteiger partial charge in [0.15, 0.2) is 0 Å². The topological polar surface area (TPSA) is 52.6 Å². The van der Waals surface area contributed by atoms with Gasteiger partial charge in [-0.3, -0.25) is 9.69 Å². The minimum absolute atomic E-state index is 0.0917. The molecule has 23 heavy (non-hydrogen) atoms. The van der Waals surface area contributed by atoms with Crippen molar-refractivity contribution in [2.45, 2.75) is 57.7 Å². The molecule has 1 aliphatic carbocycles. The predicted molar refractivity (Wildman–Crippen MR) is 91.1 cm³/mol. The van der Waals surface area contributed by atoms with Gasteiger partial charge in [-0.1, -0.05) is 24.3 Å². The monoisotopic (exact) mass is 316 g/mol. The number of hydrogen-bond donors (Lipinski definition) is 2. The number of carbonyl (C=O) groups excluding carboxylic acids is 1. The molecule has 2 fully saturated rings. The van der Waals surface area contributed by atoms with E-state index in [1.54, 1.807) is 0 Å². The first-order valence-corrected chi connectivity index (χ1v) is 8.84. The normalized spacial score (nSPS) is 22.6. The summed E-state index contributed by atoms with van der Waals surface area (Å²) in [6.45, 7) is 6.28. The third kappa shape index (κ3) is 3.93. The molecule has 3 rings (SSSR count). The molecule has 0 spiro atoms. The summed E-state index contributed by atoms with van der Waals surface area (Å²) in [7, 11) is 0. The van der Waals surface area contributed by atoms with E-state index in [2.05, 4.69) is 48.3 Å². The van der Waals surface area contributed by atoms with Crippen LogP contribution in [0.1, 0.15) is 49.8 Å². The van der Waals surface area contributed by atoms with E-state index >= 15 is 0 Å². The highest BCUT2D eigenvalue weighted by molar-refractivity contribution is 5.81. The molecule has 4 nitrogen and oxygen atoms in total. The van der Waals surface area contributed by atoms with Crippen LogP contribution in [0.2, 0.25) is 0 Å². The van der Waals surface area contributed by atoms with Gasteiger partial charge in [-0.2, -0.15) is 0 Å². The maximum absolute atomic E-state index is 12.0. The Morgan fingerprint density at radius 1 is 1.22 bits per heavy atom. The van der Waals surface area contributed by atoms with Crippen molar-refractivity contribution < 1.29 is 9.90 Å². The van der Waals surface area contributed by atoms with Crippen LogP contribution in [-0.2, 0) is 4.79 Å². The van der Waals surface area contributed by atoms with E-state index in [1.165, 1.54) is 11.1 Å². The number of aliphatic hydroxyl groups is 1. The first-order valence-electron chi connectivity index (χ1n) is 8.84. The molecule has 1 aromatic carbocycles. The Balaban J connectivity index is 1.53. The molecule has 2 atom stereocenters. The number of piperidine rings is 1. The number of nitrogens with zero attached hydrogens (tertiary/aromatic N) is 1. The summed E-state index contributed by atoms with van der Waals surface area (Å²) in [5.41, 5.74) is 2.70. The molecule has 1 aromatic rings. The summed E-state index contributed by atoms with van der Waals surface area (Å²) < 4.78 is 0. The first-order chi connectivity index (χ1) is 11.1. The lowest BCUT2D eigenvalue weighted by Gasteiger charge is -2.37. The van der Waals surface area contributed by atoms with Gasteiger partial charge in [-0.05, 0) is 69.7 Å². The van der Waals surface area contributed by atoms with Crippen molar-refractivity contribution in [3.05, 3.63) is 35.4 Å². The van der Waals surface area contributed by atoms with E-state index in [1.807, 2.05) is 0 Å². The van der Waals surface area contributed by atoms with Crippen molar-refractivity contribution in [3.63, 3.8) is 0 Å². The van der Waals surface area contributed by atoms with Gasteiger partial charge in [0.05, 0.1) is 0 Å². The molecule has 4 heteroatoms. The fourth-order valence-electron chi connectivity index (χ4n) is 3.60. The highest BCUT2D eigenvalue weighted by Gasteiger charge is 2.34. The largest absolute Gasteiger partial charge is 0.383 e. The molecule has 1 saturated heterocycles. The van der Waals surface area contributed by atoms with Gasteiger partial charge in [-0.25, -0.2) is 0 Å². The lowest BCUT2D eigenvalue weighted by atomic mass is 9.89. The van der Waals surface area contributed by atoms with Crippen LogP contribution in [0.5, 0.6) is 0 Å². The zero-order chi connectivity index (χ0) is 16.4. The zero-order valence-corrected chi connectivity index (χ0v) is 14.2. The Kier molecular flexibility index (Phi) is 5.02. The number of carbonyl (C=O) groups is 1. The number of aliphatic hydroxyl groups excluding tert-OH is 1. The number of benzene rings is 1. The molecule has 1 aliphatic heterocycles. The maximum Gasteiger partial charge on any atom is 0.249 e. The van der Waals surface area contributed by atoms with Crippen molar-refractivity contribution in [1.29, 1.82) is 0 Å². The average Bonchev–Trinajstić information content (AvgIpc) is 3.38. The van der Waals surface area contributed by atoms with Gasteiger partial charge in [0.1, 0.15) is 6.10 Å². The van der Waals surface area contributed by atoms with Gasteiger partial charge in [-0.15, -0.1) is 0 Å².